The standard InChI is InChI=1S/C33H44N6O6S/c1-32(2,3)44-30(41)36-22-8-7-13-39(19-22)24-9-12-34-18-23(24)37-28(40)26-27-25(46-29(26)38-31(42)45-33(4,5)6)16-21(17-35-27)20-10-14-43-15-11-20/h9,12,16-18,20,22H,7-8,10-11,13-15,19H2,1-6H3,(H,36,41)(H,37,40)(H,38,42)/t22-/m0/s1. The van der Waals surface area contributed by atoms with E-state index in [-0.39, 0.29) is 11.6 Å². The maximum Gasteiger partial charge on any atom is 0.412 e. The third kappa shape index (κ3) is 8.64. The Balaban J connectivity index is 1.40. The number of nitrogens with zero attached hydrogens (tertiary/aromatic N) is 3. The lowest BCUT2D eigenvalue weighted by Crippen LogP contribution is -2.49. The van der Waals surface area contributed by atoms with Crippen LogP contribution in [-0.4, -0.2) is 71.6 Å². The normalized spacial score (nSPS) is 17.8. The topological polar surface area (TPSA) is 144 Å². The summed E-state index contributed by atoms with van der Waals surface area (Å²) in [6, 6.07) is 3.77. The van der Waals surface area contributed by atoms with Crippen LogP contribution in [0.4, 0.5) is 26.0 Å². The van der Waals surface area contributed by atoms with Gasteiger partial charge >= 0.3 is 12.2 Å². The van der Waals surface area contributed by atoms with Gasteiger partial charge in [0.15, 0.2) is 0 Å². The minimum Gasteiger partial charge on any atom is -0.444 e. The predicted octanol–water partition coefficient (Wildman–Crippen LogP) is 6.68. The van der Waals surface area contributed by atoms with Gasteiger partial charge in [-0.15, -0.1) is 11.3 Å². The van der Waals surface area contributed by atoms with Gasteiger partial charge in [0.25, 0.3) is 5.91 Å². The molecule has 0 radical (unpaired) electrons. The van der Waals surface area contributed by atoms with Crippen LogP contribution >= 0.6 is 11.3 Å². The van der Waals surface area contributed by atoms with Crippen LogP contribution in [0.15, 0.2) is 30.7 Å². The van der Waals surface area contributed by atoms with Crippen LogP contribution < -0.4 is 20.9 Å². The van der Waals surface area contributed by atoms with Crippen molar-refractivity contribution >= 4 is 56.0 Å². The van der Waals surface area contributed by atoms with Crippen molar-refractivity contribution in [2.45, 2.75) is 90.4 Å². The van der Waals surface area contributed by atoms with Gasteiger partial charge in [-0.05, 0) is 90.8 Å². The summed E-state index contributed by atoms with van der Waals surface area (Å²) in [5.74, 6) is -0.110. The fourth-order valence-electron chi connectivity index (χ4n) is 5.67. The Morgan fingerprint density at radius 3 is 2.41 bits per heavy atom. The lowest BCUT2D eigenvalue weighted by atomic mass is 9.93. The van der Waals surface area contributed by atoms with E-state index < -0.39 is 29.3 Å². The second kappa shape index (κ2) is 13.8. The van der Waals surface area contributed by atoms with E-state index in [4.69, 9.17) is 19.2 Å². The summed E-state index contributed by atoms with van der Waals surface area (Å²) in [6.45, 7) is 13.5. The highest BCUT2D eigenvalue weighted by Gasteiger charge is 2.29. The molecule has 3 amide bonds. The number of thiophene rings is 1. The van der Waals surface area contributed by atoms with Crippen LogP contribution in [-0.2, 0) is 14.2 Å². The number of alkyl carbamates (subject to hydrolysis) is 1. The second-order valence-electron chi connectivity index (χ2n) is 13.7. The largest absolute Gasteiger partial charge is 0.444 e. The fraction of sp³-hybridized carbons (Fsp3) is 0.545. The highest BCUT2D eigenvalue weighted by Crippen LogP contribution is 2.39. The van der Waals surface area contributed by atoms with Crippen molar-refractivity contribution in [3.63, 3.8) is 0 Å². The molecular weight excluding hydrogens is 608 g/mol. The van der Waals surface area contributed by atoms with Gasteiger partial charge in [0.1, 0.15) is 21.8 Å². The van der Waals surface area contributed by atoms with Gasteiger partial charge in [0, 0.05) is 44.7 Å². The predicted molar refractivity (Wildman–Crippen MR) is 179 cm³/mol. The van der Waals surface area contributed by atoms with E-state index in [2.05, 4.69) is 31.9 Å². The Morgan fingerprint density at radius 2 is 1.70 bits per heavy atom. The summed E-state index contributed by atoms with van der Waals surface area (Å²) in [5.41, 5.74) is 1.80. The summed E-state index contributed by atoms with van der Waals surface area (Å²) in [6.07, 6.45) is 7.45. The van der Waals surface area contributed by atoms with Crippen molar-refractivity contribution in [1.29, 1.82) is 0 Å². The number of aromatic nitrogens is 2. The van der Waals surface area contributed by atoms with E-state index in [1.54, 1.807) is 33.2 Å². The molecule has 13 heteroatoms. The Bertz CT molecular complexity index is 1570. The van der Waals surface area contributed by atoms with Crippen molar-refractivity contribution in [3.05, 3.63) is 41.9 Å². The monoisotopic (exact) mass is 652 g/mol. The SMILES string of the molecule is CC(C)(C)OC(=O)Nc1sc2cc(C3CCOCC3)cnc2c1C(=O)Nc1cnccc1N1CCC[C@H](NC(=O)OC(C)(C)C)C1. The van der Waals surface area contributed by atoms with Gasteiger partial charge in [0.2, 0.25) is 0 Å². The molecule has 0 bridgehead atoms. The quantitative estimate of drug-likeness (QED) is 0.266. The van der Waals surface area contributed by atoms with E-state index in [0.29, 0.717) is 41.9 Å². The molecule has 2 saturated heterocycles. The van der Waals surface area contributed by atoms with Crippen molar-refractivity contribution in [2.75, 3.05) is 41.8 Å². The van der Waals surface area contributed by atoms with Gasteiger partial charge in [0.05, 0.1) is 27.8 Å². The van der Waals surface area contributed by atoms with Crippen LogP contribution in [0.1, 0.15) is 89.1 Å². The average Bonchev–Trinajstić information content (AvgIpc) is 3.33. The number of nitrogens with one attached hydrogen (secondary N) is 3. The van der Waals surface area contributed by atoms with Gasteiger partial charge in [-0.25, -0.2) is 9.59 Å². The molecule has 5 rings (SSSR count). The van der Waals surface area contributed by atoms with Gasteiger partial charge in [-0.2, -0.15) is 0 Å². The van der Waals surface area contributed by atoms with Crippen LogP contribution in [0, 0.1) is 0 Å². The van der Waals surface area contributed by atoms with E-state index in [1.165, 1.54) is 11.3 Å². The van der Waals surface area contributed by atoms with Crippen LogP contribution in [0.2, 0.25) is 0 Å². The molecule has 0 spiro atoms. The minimum atomic E-state index is -0.715. The molecule has 2 aliphatic rings. The van der Waals surface area contributed by atoms with Crippen molar-refractivity contribution in [3.8, 4) is 0 Å². The first-order valence-corrected chi connectivity index (χ1v) is 16.6. The van der Waals surface area contributed by atoms with Gasteiger partial charge < -0.3 is 29.7 Å². The molecule has 0 aliphatic carbocycles. The van der Waals surface area contributed by atoms with E-state index >= 15 is 0 Å². The zero-order chi connectivity index (χ0) is 33.1. The number of amides is 3. The summed E-state index contributed by atoms with van der Waals surface area (Å²) in [5, 5.41) is 9.16. The molecule has 12 nitrogen and oxygen atoms in total. The molecular formula is C33H44N6O6S. The van der Waals surface area contributed by atoms with Crippen LogP contribution in [0.3, 0.4) is 0 Å². The molecule has 3 N–H and O–H groups in total. The molecule has 3 aromatic rings. The summed E-state index contributed by atoms with van der Waals surface area (Å²) >= 11 is 1.29. The zero-order valence-corrected chi connectivity index (χ0v) is 28.2. The number of pyridine rings is 2. The fourth-order valence-corrected chi connectivity index (χ4v) is 6.77. The Hall–Kier alpha value is -3.97. The molecule has 1 atom stereocenters. The lowest BCUT2D eigenvalue weighted by molar-refractivity contribution is 0.0499. The average molecular weight is 653 g/mol. The number of fused-ring (bicyclic) bond motifs is 1. The highest BCUT2D eigenvalue weighted by molar-refractivity contribution is 7.23. The van der Waals surface area contributed by atoms with Crippen LogP contribution in [0.25, 0.3) is 10.2 Å². The molecule has 0 aromatic carbocycles. The second-order valence-corrected chi connectivity index (χ2v) is 14.8. The van der Waals surface area contributed by atoms with Crippen molar-refractivity contribution < 1.29 is 28.6 Å². The Labute approximate surface area is 273 Å². The molecule has 5 heterocycles. The van der Waals surface area contributed by atoms with Gasteiger partial charge in [-0.1, -0.05) is 0 Å². The number of hydrogen-bond donors (Lipinski definition) is 3. The molecule has 46 heavy (non-hydrogen) atoms. The summed E-state index contributed by atoms with van der Waals surface area (Å²) in [4.78, 5) is 50.5. The van der Waals surface area contributed by atoms with E-state index in [9.17, 15) is 14.4 Å². The number of piperidine rings is 1. The number of anilines is 3. The molecule has 2 aliphatic heterocycles. The minimum absolute atomic E-state index is 0.125. The molecule has 248 valence electrons. The number of carbonyl (C=O) groups excluding carboxylic acids is 3. The third-order valence-corrected chi connectivity index (χ3v) is 8.65. The van der Waals surface area contributed by atoms with E-state index in [0.717, 1.165) is 48.2 Å². The first-order valence-electron chi connectivity index (χ1n) is 15.8. The Morgan fingerprint density at radius 1 is 0.978 bits per heavy atom. The first kappa shape index (κ1) is 33.4. The lowest BCUT2D eigenvalue weighted by Gasteiger charge is -2.35. The Kier molecular flexibility index (Phi) is 10.0. The summed E-state index contributed by atoms with van der Waals surface area (Å²) < 4.78 is 17.3. The number of hydrogen-bond acceptors (Lipinski definition) is 10. The van der Waals surface area contributed by atoms with E-state index in [1.807, 2.05) is 33.0 Å². The maximum atomic E-state index is 14.1. The maximum absolute atomic E-state index is 14.1. The molecule has 0 unspecified atom stereocenters. The summed E-state index contributed by atoms with van der Waals surface area (Å²) in [7, 11) is 0. The smallest absolute Gasteiger partial charge is 0.412 e. The van der Waals surface area contributed by atoms with Gasteiger partial charge in [-0.3, -0.25) is 20.1 Å². The number of rotatable bonds is 6. The van der Waals surface area contributed by atoms with Crippen LogP contribution in [0.5, 0.6) is 0 Å². The molecule has 0 saturated carbocycles. The third-order valence-electron chi connectivity index (χ3n) is 7.61. The highest BCUT2D eigenvalue weighted by atomic mass is 32.1. The number of carbonyl (C=O) groups is 3. The molecule has 2 fully saturated rings. The zero-order valence-electron chi connectivity index (χ0n) is 27.4. The van der Waals surface area contributed by atoms with Crippen molar-refractivity contribution in [1.82, 2.24) is 15.3 Å². The first-order chi connectivity index (χ1) is 21.8. The molecule has 3 aromatic heterocycles. The number of ether oxygens (including phenoxy) is 3. The van der Waals surface area contributed by atoms with Crippen molar-refractivity contribution in [2.24, 2.45) is 0 Å².